The number of nitriles is 1. The average Bonchev–Trinajstić information content (AvgIpc) is 3.24. The molecule has 10 nitrogen and oxygen atoms in total. The van der Waals surface area contributed by atoms with Gasteiger partial charge in [0.25, 0.3) is 0 Å². The predicted molar refractivity (Wildman–Crippen MR) is 133 cm³/mol. The number of pyridine rings is 2. The van der Waals surface area contributed by atoms with Crippen LogP contribution in [-0.4, -0.2) is 31.6 Å². The number of benzene rings is 1. The first-order chi connectivity index (χ1) is 16.6. The lowest BCUT2D eigenvalue weighted by Crippen LogP contribution is -2.29. The molecule has 0 aliphatic rings. The maximum atomic E-state index is 12.5. The van der Waals surface area contributed by atoms with Crippen LogP contribution in [0.15, 0.2) is 55.2 Å². The fourth-order valence-electron chi connectivity index (χ4n) is 3.59. The quantitative estimate of drug-likeness (QED) is 0.299. The summed E-state index contributed by atoms with van der Waals surface area (Å²) in [5.41, 5.74) is 9.39. The number of rotatable bonds is 5. The highest BCUT2D eigenvalue weighted by Crippen LogP contribution is 2.31. The Balaban J connectivity index is 1.49. The van der Waals surface area contributed by atoms with E-state index in [1.807, 2.05) is 25.1 Å². The van der Waals surface area contributed by atoms with Crippen LogP contribution in [0.2, 0.25) is 0 Å². The van der Waals surface area contributed by atoms with E-state index in [9.17, 15) is 9.59 Å². The van der Waals surface area contributed by atoms with Gasteiger partial charge in [-0.05, 0) is 61.5 Å². The fourth-order valence-corrected chi connectivity index (χ4v) is 3.59. The molecule has 3 heterocycles. The van der Waals surface area contributed by atoms with Crippen molar-refractivity contribution >= 4 is 39.8 Å². The molecule has 0 bridgehead atoms. The fraction of sp³-hybridized carbons (Fsp3) is 0.200. The number of hydrogen-bond donors (Lipinski definition) is 3. The van der Waals surface area contributed by atoms with E-state index < -0.39 is 17.2 Å². The predicted octanol–water partition coefficient (Wildman–Crippen LogP) is 3.51. The number of fused-ring (bicyclic) bond motifs is 1. The van der Waals surface area contributed by atoms with Gasteiger partial charge in [0.15, 0.2) is 0 Å². The van der Waals surface area contributed by atoms with Gasteiger partial charge in [-0.3, -0.25) is 19.3 Å². The van der Waals surface area contributed by atoms with Gasteiger partial charge >= 0.3 is 11.8 Å². The molecular formula is C25H24N8O2. The van der Waals surface area contributed by atoms with Gasteiger partial charge in [0, 0.05) is 41.4 Å². The van der Waals surface area contributed by atoms with E-state index in [2.05, 4.69) is 31.8 Å². The van der Waals surface area contributed by atoms with Crippen molar-refractivity contribution < 1.29 is 9.59 Å². The Morgan fingerprint density at radius 3 is 2.66 bits per heavy atom. The lowest BCUT2D eigenvalue weighted by molar-refractivity contribution is -0.133. The summed E-state index contributed by atoms with van der Waals surface area (Å²) in [7, 11) is 0. The number of carbonyl (C=O) groups excluding carboxylic acids is 2. The van der Waals surface area contributed by atoms with E-state index in [1.54, 1.807) is 44.7 Å². The Hall–Kier alpha value is -4.78. The van der Waals surface area contributed by atoms with E-state index in [-0.39, 0.29) is 5.82 Å². The van der Waals surface area contributed by atoms with Gasteiger partial charge in [-0.2, -0.15) is 10.4 Å². The van der Waals surface area contributed by atoms with Crippen LogP contribution >= 0.6 is 0 Å². The molecule has 0 aliphatic carbocycles. The van der Waals surface area contributed by atoms with E-state index >= 15 is 0 Å². The van der Waals surface area contributed by atoms with Crippen LogP contribution in [0, 0.1) is 23.7 Å². The van der Waals surface area contributed by atoms with Crippen LogP contribution in [0.25, 0.3) is 21.9 Å². The zero-order valence-corrected chi connectivity index (χ0v) is 19.5. The van der Waals surface area contributed by atoms with Crippen molar-refractivity contribution in [2.75, 3.05) is 16.4 Å². The molecule has 0 saturated carbocycles. The first kappa shape index (κ1) is 23.4. The smallest absolute Gasteiger partial charge is 0.315 e. The number of nitrogens with two attached hydrogens (primary N) is 1. The van der Waals surface area contributed by atoms with Crippen molar-refractivity contribution in [3.8, 4) is 17.2 Å². The molecule has 0 spiro atoms. The minimum atomic E-state index is -0.880. The van der Waals surface area contributed by atoms with Crippen molar-refractivity contribution in [1.29, 1.82) is 5.26 Å². The molecule has 0 saturated heterocycles. The number of aromatic nitrogens is 4. The Bertz CT molecular complexity index is 1480. The number of amides is 2. The lowest BCUT2D eigenvalue weighted by Gasteiger charge is -2.14. The minimum Gasteiger partial charge on any atom is -0.398 e. The number of nitrogens with zero attached hydrogens (tertiary/aromatic N) is 5. The summed E-state index contributed by atoms with van der Waals surface area (Å²) in [5.74, 6) is -1.54. The molecule has 10 heteroatoms. The number of aryl methyl sites for hydroxylation is 1. The van der Waals surface area contributed by atoms with E-state index in [0.29, 0.717) is 17.9 Å². The Labute approximate surface area is 201 Å². The average molecular weight is 469 g/mol. The summed E-state index contributed by atoms with van der Waals surface area (Å²) in [6.45, 7) is 5.90. The number of nitrogens with one attached hydrogen (secondary N) is 2. The van der Waals surface area contributed by atoms with Crippen LogP contribution < -0.4 is 16.4 Å². The van der Waals surface area contributed by atoms with Crippen LogP contribution in [0.1, 0.15) is 19.4 Å². The molecule has 4 rings (SSSR count). The van der Waals surface area contributed by atoms with Gasteiger partial charge in [-0.25, -0.2) is 4.98 Å². The molecule has 2 amide bonds. The van der Waals surface area contributed by atoms with Crippen molar-refractivity contribution in [3.63, 3.8) is 0 Å². The third-order valence-corrected chi connectivity index (χ3v) is 5.42. The standard InChI is InChI=1S/C25H24N8O2/c1-15-4-5-28-10-19(15)16-6-17-8-22(29-11-20(17)21(27)7-16)32-24(35)23(34)31-18-9-30-33(12-18)14-25(2,3)13-26/h4-12H,14,27H2,1-3H3,(H,31,34)(H,29,32,35). The topological polar surface area (TPSA) is 152 Å². The second kappa shape index (κ2) is 9.23. The molecule has 0 aliphatic heterocycles. The highest BCUT2D eigenvalue weighted by Gasteiger charge is 2.20. The Morgan fingerprint density at radius 1 is 1.14 bits per heavy atom. The van der Waals surface area contributed by atoms with Crippen LogP contribution in [0.4, 0.5) is 17.2 Å². The van der Waals surface area contributed by atoms with Crippen LogP contribution in [0.5, 0.6) is 0 Å². The first-order valence-corrected chi connectivity index (χ1v) is 10.8. The van der Waals surface area contributed by atoms with Crippen molar-refractivity contribution in [3.05, 3.63) is 60.8 Å². The molecule has 35 heavy (non-hydrogen) atoms. The number of anilines is 3. The molecule has 0 unspecified atom stereocenters. The molecule has 176 valence electrons. The SMILES string of the molecule is Cc1ccncc1-c1cc(N)c2cnc(NC(=O)C(=O)Nc3cnn(CC(C)(C)C#N)c3)cc2c1. The van der Waals surface area contributed by atoms with E-state index in [1.165, 1.54) is 10.9 Å². The van der Waals surface area contributed by atoms with Gasteiger partial charge in [-0.1, -0.05) is 0 Å². The van der Waals surface area contributed by atoms with Crippen LogP contribution in [0.3, 0.4) is 0 Å². The van der Waals surface area contributed by atoms with Crippen molar-refractivity contribution in [1.82, 2.24) is 19.7 Å². The second-order valence-electron chi connectivity index (χ2n) is 8.88. The van der Waals surface area contributed by atoms with Gasteiger partial charge in [0.05, 0.1) is 29.9 Å². The molecule has 4 aromatic rings. The van der Waals surface area contributed by atoms with Gasteiger partial charge < -0.3 is 16.4 Å². The van der Waals surface area contributed by atoms with Crippen molar-refractivity contribution in [2.45, 2.75) is 27.3 Å². The summed E-state index contributed by atoms with van der Waals surface area (Å²) in [5, 5.41) is 19.8. The summed E-state index contributed by atoms with van der Waals surface area (Å²) >= 11 is 0. The monoisotopic (exact) mass is 468 g/mol. The summed E-state index contributed by atoms with van der Waals surface area (Å²) in [6, 6.07) is 9.56. The van der Waals surface area contributed by atoms with E-state index in [0.717, 1.165) is 27.5 Å². The summed E-state index contributed by atoms with van der Waals surface area (Å²) < 4.78 is 1.54. The molecule has 0 radical (unpaired) electrons. The number of nitrogen functional groups attached to an aromatic ring is 1. The number of hydrogen-bond acceptors (Lipinski definition) is 7. The molecular weight excluding hydrogens is 444 g/mol. The zero-order valence-electron chi connectivity index (χ0n) is 19.5. The van der Waals surface area contributed by atoms with Gasteiger partial charge in [0.1, 0.15) is 5.82 Å². The highest BCUT2D eigenvalue weighted by molar-refractivity contribution is 6.43. The lowest BCUT2D eigenvalue weighted by atomic mass is 9.96. The first-order valence-electron chi connectivity index (χ1n) is 10.8. The Morgan fingerprint density at radius 2 is 1.91 bits per heavy atom. The third-order valence-electron chi connectivity index (χ3n) is 5.42. The molecule has 0 fully saturated rings. The van der Waals surface area contributed by atoms with Crippen LogP contribution in [-0.2, 0) is 16.1 Å². The molecule has 0 atom stereocenters. The zero-order chi connectivity index (χ0) is 25.2. The summed E-state index contributed by atoms with van der Waals surface area (Å²) in [6.07, 6.45) is 8.03. The minimum absolute atomic E-state index is 0.212. The van der Waals surface area contributed by atoms with E-state index in [4.69, 9.17) is 11.0 Å². The normalized spacial score (nSPS) is 11.1. The maximum absolute atomic E-state index is 12.5. The van der Waals surface area contributed by atoms with Crippen molar-refractivity contribution in [2.24, 2.45) is 5.41 Å². The second-order valence-corrected chi connectivity index (χ2v) is 8.88. The maximum Gasteiger partial charge on any atom is 0.315 e. The van der Waals surface area contributed by atoms with Gasteiger partial charge in [0.2, 0.25) is 0 Å². The van der Waals surface area contributed by atoms with Gasteiger partial charge in [-0.15, -0.1) is 0 Å². The third kappa shape index (κ3) is 5.25. The number of carbonyl (C=O) groups is 2. The highest BCUT2D eigenvalue weighted by atomic mass is 16.2. The largest absolute Gasteiger partial charge is 0.398 e. The molecule has 3 aromatic heterocycles. The molecule has 4 N–H and O–H groups in total. The summed E-state index contributed by atoms with van der Waals surface area (Å²) in [4.78, 5) is 33.3. The Kier molecular flexibility index (Phi) is 6.16. The molecule has 1 aromatic carbocycles.